The van der Waals surface area contributed by atoms with Crippen LogP contribution in [0.2, 0.25) is 0 Å². The summed E-state index contributed by atoms with van der Waals surface area (Å²) in [4.78, 5) is 12.2. The number of benzene rings is 2. The molecule has 122 valence electrons. The summed E-state index contributed by atoms with van der Waals surface area (Å²) in [7, 11) is 3.19. The molecule has 5 heteroatoms. The number of anilines is 2. The molecule has 5 nitrogen and oxygen atoms in total. The minimum Gasteiger partial charge on any atom is -0.496 e. The van der Waals surface area contributed by atoms with E-state index >= 15 is 0 Å². The summed E-state index contributed by atoms with van der Waals surface area (Å²) in [6, 6.07) is 12.9. The molecular formula is C18H22N2O3. The third-order valence-corrected chi connectivity index (χ3v) is 3.67. The quantitative estimate of drug-likeness (QED) is 0.801. The lowest BCUT2D eigenvalue weighted by Gasteiger charge is -2.15. The Morgan fingerprint density at radius 1 is 1.13 bits per heavy atom. The van der Waals surface area contributed by atoms with Crippen LogP contribution in [-0.2, 0) is 4.79 Å². The highest BCUT2D eigenvalue weighted by atomic mass is 16.5. The molecule has 0 aliphatic rings. The number of hydrogen-bond donors (Lipinski definition) is 2. The van der Waals surface area contributed by atoms with Gasteiger partial charge in [-0.3, -0.25) is 4.79 Å². The molecule has 1 amide bonds. The summed E-state index contributed by atoms with van der Waals surface area (Å²) in [5.74, 6) is 1.35. The standard InChI is InChI=1S/C18H22N2O3/c1-12(14-6-4-5-7-16(14)22-2)10-18(21)20-13-8-9-17(23-3)15(19)11-13/h4-9,11-12H,10,19H2,1-3H3,(H,20,21). The zero-order valence-corrected chi connectivity index (χ0v) is 13.6. The Balaban J connectivity index is 2.03. The summed E-state index contributed by atoms with van der Waals surface area (Å²) in [5, 5.41) is 2.86. The number of ether oxygens (including phenoxy) is 2. The fourth-order valence-electron chi connectivity index (χ4n) is 2.49. The van der Waals surface area contributed by atoms with Gasteiger partial charge in [-0.05, 0) is 35.7 Å². The van der Waals surface area contributed by atoms with Crippen LogP contribution in [0.3, 0.4) is 0 Å². The van der Waals surface area contributed by atoms with Gasteiger partial charge < -0.3 is 20.5 Å². The second-order valence-corrected chi connectivity index (χ2v) is 5.35. The Hall–Kier alpha value is -2.69. The van der Waals surface area contributed by atoms with Gasteiger partial charge in [0, 0.05) is 12.1 Å². The lowest BCUT2D eigenvalue weighted by Crippen LogP contribution is -2.15. The fraction of sp³-hybridized carbons (Fsp3) is 0.278. The highest BCUT2D eigenvalue weighted by molar-refractivity contribution is 5.92. The minimum atomic E-state index is -0.0760. The van der Waals surface area contributed by atoms with Gasteiger partial charge in [0.1, 0.15) is 11.5 Å². The largest absolute Gasteiger partial charge is 0.496 e. The number of rotatable bonds is 6. The number of amides is 1. The smallest absolute Gasteiger partial charge is 0.224 e. The summed E-state index contributed by atoms with van der Waals surface area (Å²) in [5.41, 5.74) is 8.00. The third-order valence-electron chi connectivity index (χ3n) is 3.67. The van der Waals surface area contributed by atoms with Crippen LogP contribution in [-0.4, -0.2) is 20.1 Å². The van der Waals surface area contributed by atoms with E-state index in [-0.39, 0.29) is 11.8 Å². The number of nitrogen functional groups attached to an aromatic ring is 1. The average molecular weight is 314 g/mol. The molecular weight excluding hydrogens is 292 g/mol. The van der Waals surface area contributed by atoms with E-state index in [9.17, 15) is 4.79 Å². The highest BCUT2D eigenvalue weighted by Crippen LogP contribution is 2.29. The van der Waals surface area contributed by atoms with Crippen LogP contribution in [0.15, 0.2) is 42.5 Å². The van der Waals surface area contributed by atoms with Crippen molar-refractivity contribution in [1.29, 1.82) is 0 Å². The SMILES string of the molecule is COc1ccc(NC(=O)CC(C)c2ccccc2OC)cc1N. The van der Waals surface area contributed by atoms with Crippen molar-refractivity contribution in [3.05, 3.63) is 48.0 Å². The first-order valence-corrected chi connectivity index (χ1v) is 7.41. The van der Waals surface area contributed by atoms with Gasteiger partial charge in [-0.2, -0.15) is 0 Å². The summed E-state index contributed by atoms with van der Waals surface area (Å²) >= 11 is 0. The molecule has 0 saturated heterocycles. The molecule has 0 radical (unpaired) electrons. The van der Waals surface area contributed by atoms with Crippen molar-refractivity contribution < 1.29 is 14.3 Å². The maximum atomic E-state index is 12.2. The van der Waals surface area contributed by atoms with Crippen molar-refractivity contribution in [2.45, 2.75) is 19.3 Å². The summed E-state index contributed by atoms with van der Waals surface area (Å²) < 4.78 is 10.4. The molecule has 0 spiro atoms. The van der Waals surface area contributed by atoms with Gasteiger partial charge in [-0.15, -0.1) is 0 Å². The van der Waals surface area contributed by atoms with Crippen LogP contribution in [0.5, 0.6) is 11.5 Å². The first kappa shape index (κ1) is 16.7. The van der Waals surface area contributed by atoms with Crippen molar-refractivity contribution in [2.75, 3.05) is 25.3 Å². The van der Waals surface area contributed by atoms with E-state index < -0.39 is 0 Å². The lowest BCUT2D eigenvalue weighted by molar-refractivity contribution is -0.116. The molecule has 23 heavy (non-hydrogen) atoms. The monoisotopic (exact) mass is 314 g/mol. The van der Waals surface area contributed by atoms with E-state index in [1.165, 1.54) is 0 Å². The molecule has 0 heterocycles. The van der Waals surface area contributed by atoms with E-state index in [2.05, 4.69) is 5.32 Å². The molecule has 1 unspecified atom stereocenters. The third kappa shape index (κ3) is 4.16. The van der Waals surface area contributed by atoms with Gasteiger partial charge in [-0.25, -0.2) is 0 Å². The first-order chi connectivity index (χ1) is 11.0. The molecule has 0 fully saturated rings. The van der Waals surface area contributed by atoms with Crippen molar-refractivity contribution in [1.82, 2.24) is 0 Å². The number of nitrogens with one attached hydrogen (secondary N) is 1. The van der Waals surface area contributed by atoms with Gasteiger partial charge in [0.2, 0.25) is 5.91 Å². The Kier molecular flexibility index (Phi) is 5.46. The molecule has 2 aromatic rings. The minimum absolute atomic E-state index is 0.0433. The molecule has 2 aromatic carbocycles. The van der Waals surface area contributed by atoms with E-state index in [4.69, 9.17) is 15.2 Å². The van der Waals surface area contributed by atoms with Gasteiger partial charge in [0.05, 0.1) is 19.9 Å². The van der Waals surface area contributed by atoms with E-state index in [0.29, 0.717) is 23.5 Å². The van der Waals surface area contributed by atoms with Gasteiger partial charge in [0.25, 0.3) is 0 Å². The van der Waals surface area contributed by atoms with Crippen LogP contribution >= 0.6 is 0 Å². The van der Waals surface area contributed by atoms with Crippen molar-refractivity contribution >= 4 is 17.3 Å². The van der Waals surface area contributed by atoms with Crippen LogP contribution < -0.4 is 20.5 Å². The highest BCUT2D eigenvalue weighted by Gasteiger charge is 2.15. The Labute approximate surface area is 136 Å². The lowest BCUT2D eigenvalue weighted by atomic mass is 9.96. The molecule has 0 bridgehead atoms. The predicted octanol–water partition coefficient (Wildman–Crippen LogP) is 3.42. The number of carbonyl (C=O) groups excluding carboxylic acids is 1. The van der Waals surface area contributed by atoms with E-state index in [1.54, 1.807) is 32.4 Å². The second-order valence-electron chi connectivity index (χ2n) is 5.35. The van der Waals surface area contributed by atoms with Gasteiger partial charge in [0.15, 0.2) is 0 Å². The van der Waals surface area contributed by atoms with Crippen LogP contribution in [0.25, 0.3) is 0 Å². The van der Waals surface area contributed by atoms with Crippen LogP contribution in [0, 0.1) is 0 Å². The van der Waals surface area contributed by atoms with Gasteiger partial charge >= 0.3 is 0 Å². The van der Waals surface area contributed by atoms with E-state index in [1.807, 2.05) is 31.2 Å². The normalized spacial score (nSPS) is 11.6. The Morgan fingerprint density at radius 2 is 1.83 bits per heavy atom. The number of hydrogen-bond acceptors (Lipinski definition) is 4. The van der Waals surface area contributed by atoms with Crippen LogP contribution in [0.1, 0.15) is 24.8 Å². The summed E-state index contributed by atoms with van der Waals surface area (Å²) in [6.07, 6.45) is 0.353. The summed E-state index contributed by atoms with van der Waals surface area (Å²) in [6.45, 7) is 2.00. The van der Waals surface area contributed by atoms with Crippen LogP contribution in [0.4, 0.5) is 11.4 Å². The van der Waals surface area contributed by atoms with Crippen molar-refractivity contribution in [2.24, 2.45) is 0 Å². The van der Waals surface area contributed by atoms with Crippen molar-refractivity contribution in [3.8, 4) is 11.5 Å². The molecule has 0 aliphatic carbocycles. The molecule has 0 aliphatic heterocycles. The topological polar surface area (TPSA) is 73.6 Å². The number of carbonyl (C=O) groups is 1. The van der Waals surface area contributed by atoms with Crippen molar-refractivity contribution in [3.63, 3.8) is 0 Å². The Morgan fingerprint density at radius 3 is 2.48 bits per heavy atom. The fourth-order valence-corrected chi connectivity index (χ4v) is 2.49. The number of methoxy groups -OCH3 is 2. The molecule has 3 N–H and O–H groups in total. The zero-order chi connectivity index (χ0) is 16.8. The van der Waals surface area contributed by atoms with E-state index in [0.717, 1.165) is 11.3 Å². The molecule has 0 saturated carbocycles. The average Bonchev–Trinajstić information content (AvgIpc) is 2.54. The zero-order valence-electron chi connectivity index (χ0n) is 13.6. The molecule has 1 atom stereocenters. The maximum absolute atomic E-state index is 12.2. The predicted molar refractivity (Wildman–Crippen MR) is 92.1 cm³/mol. The Bertz CT molecular complexity index is 686. The van der Waals surface area contributed by atoms with Gasteiger partial charge in [-0.1, -0.05) is 25.1 Å². The number of nitrogens with two attached hydrogens (primary N) is 1. The maximum Gasteiger partial charge on any atom is 0.224 e. The number of para-hydroxylation sites is 1. The molecule has 0 aromatic heterocycles. The second kappa shape index (κ2) is 7.54. The molecule has 2 rings (SSSR count). The first-order valence-electron chi connectivity index (χ1n) is 7.41.